The van der Waals surface area contributed by atoms with Crippen LogP contribution in [0.25, 0.3) is 0 Å². The molecule has 0 aromatic carbocycles. The predicted octanol–water partition coefficient (Wildman–Crippen LogP) is -0.793. The zero-order chi connectivity index (χ0) is 12.6. The number of carboxylic acids is 1. The lowest BCUT2D eigenvalue weighted by atomic mass is 10.6. The van der Waals surface area contributed by atoms with Gasteiger partial charge in [-0.3, -0.25) is 9.63 Å². The third kappa shape index (κ3) is 6.60. The van der Waals surface area contributed by atoms with Gasteiger partial charge in [0.1, 0.15) is 6.54 Å². The maximum absolute atomic E-state index is 11.2. The van der Waals surface area contributed by atoms with Crippen molar-refractivity contribution in [2.24, 2.45) is 0 Å². The lowest BCUT2D eigenvalue weighted by Crippen LogP contribution is -2.41. The molecule has 8 nitrogen and oxygen atoms in total. The molecule has 8 heteroatoms. The number of amides is 2. The Bertz CT molecular complexity index is 267. The third-order valence-electron chi connectivity index (χ3n) is 1.37. The molecule has 0 aliphatic rings. The fourth-order valence-electron chi connectivity index (χ4n) is 0.710. The van der Waals surface area contributed by atoms with Gasteiger partial charge in [0.15, 0.2) is 6.61 Å². The van der Waals surface area contributed by atoms with Crippen LogP contribution in [0.4, 0.5) is 4.79 Å². The van der Waals surface area contributed by atoms with Gasteiger partial charge in [-0.2, -0.15) is 0 Å². The van der Waals surface area contributed by atoms with Crippen molar-refractivity contribution in [1.29, 1.82) is 0 Å². The van der Waals surface area contributed by atoms with E-state index in [4.69, 9.17) is 5.11 Å². The van der Waals surface area contributed by atoms with Crippen LogP contribution in [0, 0.1) is 0 Å². The van der Waals surface area contributed by atoms with E-state index < -0.39 is 24.6 Å². The van der Waals surface area contributed by atoms with Crippen LogP contribution >= 0.6 is 0 Å². The zero-order valence-corrected chi connectivity index (χ0v) is 9.06. The van der Waals surface area contributed by atoms with Crippen molar-refractivity contribution in [2.75, 3.05) is 26.8 Å². The van der Waals surface area contributed by atoms with Crippen LogP contribution in [0.3, 0.4) is 0 Å². The first-order chi connectivity index (χ1) is 7.47. The van der Waals surface area contributed by atoms with Crippen LogP contribution in [0.5, 0.6) is 0 Å². The normalized spacial score (nSPS) is 9.38. The number of hydroxylamine groups is 1. The maximum atomic E-state index is 11.2. The first kappa shape index (κ1) is 14.2. The highest BCUT2D eigenvalue weighted by Gasteiger charge is 2.13. The van der Waals surface area contributed by atoms with E-state index in [1.54, 1.807) is 6.92 Å². The number of carboxylic acid groups (broad SMARTS) is 1. The van der Waals surface area contributed by atoms with Crippen molar-refractivity contribution in [1.82, 2.24) is 10.4 Å². The van der Waals surface area contributed by atoms with Gasteiger partial charge in [0, 0.05) is 7.05 Å². The van der Waals surface area contributed by atoms with Crippen LogP contribution in [0.1, 0.15) is 6.92 Å². The minimum Gasteiger partial charge on any atom is -0.479 e. The SMILES string of the molecule is CCOC(=O)CN(C)C(=O)NOCC(=O)O. The number of nitrogens with zero attached hydrogens (tertiary/aromatic N) is 1. The molecule has 0 saturated carbocycles. The Balaban J connectivity index is 3.81. The molecule has 16 heavy (non-hydrogen) atoms. The molecule has 2 amide bonds. The van der Waals surface area contributed by atoms with Gasteiger partial charge in [-0.1, -0.05) is 0 Å². The van der Waals surface area contributed by atoms with Crippen molar-refractivity contribution in [3.63, 3.8) is 0 Å². The van der Waals surface area contributed by atoms with Gasteiger partial charge < -0.3 is 14.7 Å². The van der Waals surface area contributed by atoms with Crippen molar-refractivity contribution >= 4 is 18.0 Å². The molecule has 0 bridgehead atoms. The molecule has 0 aliphatic heterocycles. The minimum atomic E-state index is -1.21. The Kier molecular flexibility index (Phi) is 6.61. The maximum Gasteiger partial charge on any atom is 0.341 e. The van der Waals surface area contributed by atoms with Crippen molar-refractivity contribution in [3.05, 3.63) is 0 Å². The summed E-state index contributed by atoms with van der Waals surface area (Å²) in [6.07, 6.45) is 0. The topological polar surface area (TPSA) is 105 Å². The van der Waals surface area contributed by atoms with Gasteiger partial charge in [-0.25, -0.2) is 15.1 Å². The van der Waals surface area contributed by atoms with E-state index in [0.29, 0.717) is 0 Å². The lowest BCUT2D eigenvalue weighted by molar-refractivity contribution is -0.146. The van der Waals surface area contributed by atoms with Crippen LogP contribution < -0.4 is 5.48 Å². The van der Waals surface area contributed by atoms with Gasteiger partial charge in [-0.15, -0.1) is 0 Å². The Labute approximate surface area is 92.1 Å². The highest BCUT2D eigenvalue weighted by Crippen LogP contribution is 1.87. The average molecular weight is 234 g/mol. The Morgan fingerprint density at radius 1 is 1.38 bits per heavy atom. The Hall–Kier alpha value is -1.83. The molecular formula is C8H14N2O6. The Morgan fingerprint density at radius 3 is 2.50 bits per heavy atom. The largest absolute Gasteiger partial charge is 0.479 e. The number of nitrogens with one attached hydrogen (secondary N) is 1. The number of rotatable bonds is 6. The first-order valence-corrected chi connectivity index (χ1v) is 4.47. The van der Waals surface area contributed by atoms with E-state index in [0.717, 1.165) is 4.90 Å². The molecule has 92 valence electrons. The quantitative estimate of drug-likeness (QED) is 0.460. The molecule has 0 rings (SSSR count). The van der Waals surface area contributed by atoms with E-state index in [-0.39, 0.29) is 13.2 Å². The molecule has 2 N–H and O–H groups in total. The third-order valence-corrected chi connectivity index (χ3v) is 1.37. The Morgan fingerprint density at radius 2 is 2.00 bits per heavy atom. The smallest absolute Gasteiger partial charge is 0.341 e. The fourth-order valence-corrected chi connectivity index (χ4v) is 0.710. The number of hydrogen-bond acceptors (Lipinski definition) is 5. The van der Waals surface area contributed by atoms with Gasteiger partial charge in [-0.05, 0) is 6.92 Å². The molecule has 0 aromatic rings. The molecule has 0 fully saturated rings. The second-order valence-corrected chi connectivity index (χ2v) is 2.75. The fraction of sp³-hybridized carbons (Fsp3) is 0.625. The van der Waals surface area contributed by atoms with Crippen LogP contribution in [-0.2, 0) is 19.2 Å². The first-order valence-electron chi connectivity index (χ1n) is 4.47. The van der Waals surface area contributed by atoms with Gasteiger partial charge in [0.2, 0.25) is 0 Å². The van der Waals surface area contributed by atoms with E-state index in [1.165, 1.54) is 7.05 Å². The van der Waals surface area contributed by atoms with Gasteiger partial charge in [0.05, 0.1) is 6.61 Å². The van der Waals surface area contributed by atoms with Gasteiger partial charge in [0.25, 0.3) is 0 Å². The van der Waals surface area contributed by atoms with Gasteiger partial charge >= 0.3 is 18.0 Å². The van der Waals surface area contributed by atoms with Crippen LogP contribution in [-0.4, -0.2) is 54.8 Å². The van der Waals surface area contributed by atoms with E-state index >= 15 is 0 Å². The summed E-state index contributed by atoms with van der Waals surface area (Å²) in [6.45, 7) is 0.979. The number of ether oxygens (including phenoxy) is 1. The molecule has 0 aromatic heterocycles. The number of esters is 1. The lowest BCUT2D eigenvalue weighted by Gasteiger charge is -2.15. The molecule has 0 unspecified atom stereocenters. The monoisotopic (exact) mass is 234 g/mol. The molecular weight excluding hydrogens is 220 g/mol. The van der Waals surface area contributed by atoms with Crippen molar-refractivity contribution < 1.29 is 29.1 Å². The summed E-state index contributed by atoms with van der Waals surface area (Å²) in [5, 5.41) is 8.22. The van der Waals surface area contributed by atoms with E-state index in [1.807, 2.05) is 5.48 Å². The molecule has 0 heterocycles. The number of aliphatic carboxylic acids is 1. The summed E-state index contributed by atoms with van der Waals surface area (Å²) in [4.78, 5) is 37.5. The molecule has 0 aliphatic carbocycles. The second kappa shape index (κ2) is 7.46. The van der Waals surface area contributed by atoms with Crippen LogP contribution in [0.15, 0.2) is 0 Å². The number of hydrogen-bond donors (Lipinski definition) is 2. The predicted molar refractivity (Wildman–Crippen MR) is 51.4 cm³/mol. The van der Waals surface area contributed by atoms with Crippen molar-refractivity contribution in [3.8, 4) is 0 Å². The molecule has 0 radical (unpaired) electrons. The van der Waals surface area contributed by atoms with Crippen molar-refractivity contribution in [2.45, 2.75) is 6.92 Å². The number of carbonyl (C=O) groups excluding carboxylic acids is 2. The summed E-state index contributed by atoms with van der Waals surface area (Å²) in [5.74, 6) is -1.77. The van der Waals surface area contributed by atoms with Crippen LogP contribution in [0.2, 0.25) is 0 Å². The molecule has 0 saturated heterocycles. The minimum absolute atomic E-state index is 0.226. The average Bonchev–Trinajstić information content (AvgIpc) is 2.17. The number of likely N-dealkylation sites (N-methyl/N-ethyl adjacent to an activating group) is 1. The van der Waals surface area contributed by atoms with E-state index in [9.17, 15) is 14.4 Å². The standard InChI is InChI=1S/C8H14N2O6/c1-3-15-7(13)4-10(2)8(14)9-16-5-6(11)12/h3-5H2,1-2H3,(H,9,14)(H,11,12). The number of carbonyl (C=O) groups is 3. The molecule has 0 spiro atoms. The zero-order valence-electron chi connectivity index (χ0n) is 9.06. The summed E-state index contributed by atoms with van der Waals surface area (Å²) in [7, 11) is 1.34. The summed E-state index contributed by atoms with van der Waals surface area (Å²) >= 11 is 0. The van der Waals surface area contributed by atoms with E-state index in [2.05, 4.69) is 9.57 Å². The summed E-state index contributed by atoms with van der Waals surface area (Å²) in [6, 6.07) is -0.727. The second-order valence-electron chi connectivity index (χ2n) is 2.75. The summed E-state index contributed by atoms with van der Waals surface area (Å²) in [5.41, 5.74) is 1.86. The number of urea groups is 1. The summed E-state index contributed by atoms with van der Waals surface area (Å²) < 4.78 is 4.61. The highest BCUT2D eigenvalue weighted by atomic mass is 16.7. The highest BCUT2D eigenvalue weighted by molar-refractivity contribution is 5.80. The molecule has 0 atom stereocenters.